The summed E-state index contributed by atoms with van der Waals surface area (Å²) in [5, 5.41) is 11.4. The molecule has 0 aromatic heterocycles. The van der Waals surface area contributed by atoms with E-state index >= 15 is 0 Å². The van der Waals surface area contributed by atoms with Crippen LogP contribution in [0.3, 0.4) is 0 Å². The van der Waals surface area contributed by atoms with Crippen molar-refractivity contribution in [2.45, 2.75) is 19.3 Å². The highest BCUT2D eigenvalue weighted by Crippen LogP contribution is 2.30. The van der Waals surface area contributed by atoms with Crippen molar-refractivity contribution in [2.24, 2.45) is 0 Å². The molecule has 46 heavy (non-hydrogen) atoms. The van der Waals surface area contributed by atoms with Crippen LogP contribution in [0.4, 0.5) is 0 Å². The van der Waals surface area contributed by atoms with E-state index in [0.29, 0.717) is 44.0 Å². The van der Waals surface area contributed by atoms with Crippen LogP contribution in [-0.2, 0) is 35.0 Å². The standard InChI is InChI=1S/C34H39NO11/c36-17-18-41-19-20-42-21-22-43-23-24-44-32(38)14-13-31(37)35-16-15-26-11-12-29(45-33(39)27-7-3-1-4-8-27)30(25-26)46-34(40)28-9-5-2-6-10-28/h1-12,25,36H,13-24H2,(H,35,37). The van der Waals surface area contributed by atoms with E-state index < -0.39 is 17.9 Å². The molecule has 3 aromatic rings. The molecule has 0 aliphatic rings. The van der Waals surface area contributed by atoms with Crippen molar-refractivity contribution < 1.29 is 52.7 Å². The Morgan fingerprint density at radius 2 is 1.15 bits per heavy atom. The molecule has 3 aromatic carbocycles. The molecular weight excluding hydrogens is 598 g/mol. The molecule has 0 spiro atoms. The number of aliphatic hydroxyl groups is 1. The van der Waals surface area contributed by atoms with Crippen LogP contribution in [0.25, 0.3) is 0 Å². The molecule has 0 fully saturated rings. The van der Waals surface area contributed by atoms with Crippen LogP contribution >= 0.6 is 0 Å². The molecule has 12 nitrogen and oxygen atoms in total. The molecule has 0 aliphatic heterocycles. The average Bonchev–Trinajstić information content (AvgIpc) is 3.08. The number of amides is 1. The van der Waals surface area contributed by atoms with Crippen molar-refractivity contribution >= 4 is 23.8 Å². The van der Waals surface area contributed by atoms with Gasteiger partial charge in [-0.15, -0.1) is 0 Å². The van der Waals surface area contributed by atoms with Gasteiger partial charge in [-0.25, -0.2) is 9.59 Å². The van der Waals surface area contributed by atoms with E-state index in [2.05, 4.69) is 5.32 Å². The molecule has 12 heteroatoms. The summed E-state index contributed by atoms with van der Waals surface area (Å²) in [6.45, 7) is 2.24. The first kappa shape index (κ1) is 35.9. The number of ether oxygens (including phenoxy) is 6. The maximum Gasteiger partial charge on any atom is 0.343 e. The van der Waals surface area contributed by atoms with Gasteiger partial charge in [0.15, 0.2) is 11.5 Å². The molecule has 0 saturated carbocycles. The Kier molecular flexibility index (Phi) is 16.5. The minimum atomic E-state index is -0.618. The first-order valence-electron chi connectivity index (χ1n) is 14.9. The van der Waals surface area contributed by atoms with Gasteiger partial charge in [0, 0.05) is 13.0 Å². The predicted molar refractivity (Wildman–Crippen MR) is 166 cm³/mol. The largest absolute Gasteiger partial charge is 0.463 e. The zero-order valence-corrected chi connectivity index (χ0v) is 25.5. The third-order valence-corrected chi connectivity index (χ3v) is 6.19. The Labute approximate surface area is 267 Å². The minimum Gasteiger partial charge on any atom is -0.463 e. The summed E-state index contributed by atoms with van der Waals surface area (Å²) in [6, 6.07) is 21.7. The second kappa shape index (κ2) is 21.2. The van der Waals surface area contributed by atoms with Crippen molar-refractivity contribution in [1.29, 1.82) is 0 Å². The Hall–Kier alpha value is -4.62. The van der Waals surface area contributed by atoms with Gasteiger partial charge in [-0.3, -0.25) is 9.59 Å². The summed E-state index contributed by atoms with van der Waals surface area (Å²) in [5.74, 6) is -1.92. The van der Waals surface area contributed by atoms with Gasteiger partial charge in [-0.05, 0) is 48.4 Å². The minimum absolute atomic E-state index is 0.0299. The van der Waals surface area contributed by atoms with Crippen molar-refractivity contribution in [3.63, 3.8) is 0 Å². The molecular formula is C34H39NO11. The number of benzene rings is 3. The molecule has 0 saturated heterocycles. The van der Waals surface area contributed by atoms with Gasteiger partial charge < -0.3 is 38.8 Å². The van der Waals surface area contributed by atoms with Crippen LogP contribution in [0.2, 0.25) is 0 Å². The Morgan fingerprint density at radius 1 is 0.609 bits per heavy atom. The van der Waals surface area contributed by atoms with E-state index in [1.165, 1.54) is 6.07 Å². The number of nitrogens with one attached hydrogen (secondary N) is 1. The maximum atomic E-state index is 12.8. The number of aliphatic hydroxyl groups excluding tert-OH is 1. The topological polar surface area (TPSA) is 156 Å². The first-order valence-corrected chi connectivity index (χ1v) is 14.9. The molecule has 1 amide bonds. The number of carbonyl (C=O) groups is 4. The van der Waals surface area contributed by atoms with Gasteiger partial charge in [-0.1, -0.05) is 42.5 Å². The van der Waals surface area contributed by atoms with Gasteiger partial charge in [0.05, 0.1) is 63.8 Å². The Bertz CT molecular complexity index is 1370. The van der Waals surface area contributed by atoms with Gasteiger partial charge in [0.2, 0.25) is 5.91 Å². The van der Waals surface area contributed by atoms with Gasteiger partial charge in [-0.2, -0.15) is 0 Å². The zero-order chi connectivity index (χ0) is 32.8. The molecule has 0 heterocycles. The molecule has 0 unspecified atom stereocenters. The lowest BCUT2D eigenvalue weighted by Crippen LogP contribution is -2.26. The van der Waals surface area contributed by atoms with Crippen LogP contribution < -0.4 is 14.8 Å². The van der Waals surface area contributed by atoms with Crippen LogP contribution in [0.15, 0.2) is 78.9 Å². The predicted octanol–water partition coefficient (Wildman–Crippen LogP) is 3.15. The second-order valence-electron chi connectivity index (χ2n) is 9.67. The Morgan fingerprint density at radius 3 is 1.74 bits per heavy atom. The van der Waals surface area contributed by atoms with E-state index in [9.17, 15) is 19.2 Å². The lowest BCUT2D eigenvalue weighted by Gasteiger charge is -2.13. The number of hydrogen-bond donors (Lipinski definition) is 2. The van der Waals surface area contributed by atoms with Gasteiger partial charge >= 0.3 is 17.9 Å². The lowest BCUT2D eigenvalue weighted by molar-refractivity contribution is -0.146. The molecule has 3 rings (SSSR count). The fourth-order valence-corrected chi connectivity index (χ4v) is 3.88. The summed E-state index contributed by atoms with van der Waals surface area (Å²) < 4.78 is 31.9. The van der Waals surface area contributed by atoms with E-state index in [1.54, 1.807) is 72.8 Å². The van der Waals surface area contributed by atoms with Crippen molar-refractivity contribution in [2.75, 3.05) is 59.4 Å². The molecule has 246 valence electrons. The van der Waals surface area contributed by atoms with Gasteiger partial charge in [0.25, 0.3) is 0 Å². The molecule has 0 aliphatic carbocycles. The van der Waals surface area contributed by atoms with Crippen molar-refractivity contribution in [3.05, 3.63) is 95.6 Å². The monoisotopic (exact) mass is 637 g/mol. The third-order valence-electron chi connectivity index (χ3n) is 6.19. The number of carbonyl (C=O) groups excluding carboxylic acids is 4. The maximum absolute atomic E-state index is 12.8. The second-order valence-corrected chi connectivity index (χ2v) is 9.67. The third kappa shape index (κ3) is 14.0. The van der Waals surface area contributed by atoms with Gasteiger partial charge in [0.1, 0.15) is 6.61 Å². The average molecular weight is 638 g/mol. The molecule has 0 bridgehead atoms. The number of rotatable bonds is 21. The lowest BCUT2D eigenvalue weighted by atomic mass is 10.1. The van der Waals surface area contributed by atoms with E-state index in [4.69, 9.17) is 33.5 Å². The number of esters is 3. The highest BCUT2D eigenvalue weighted by molar-refractivity contribution is 5.93. The van der Waals surface area contributed by atoms with Crippen LogP contribution in [0, 0.1) is 0 Å². The first-order chi connectivity index (χ1) is 22.5. The summed E-state index contributed by atoms with van der Waals surface area (Å²) >= 11 is 0. The van der Waals surface area contributed by atoms with Crippen LogP contribution in [0.5, 0.6) is 11.5 Å². The summed E-state index contributed by atoms with van der Waals surface area (Å²) in [6.07, 6.45) is 0.264. The zero-order valence-electron chi connectivity index (χ0n) is 25.5. The van der Waals surface area contributed by atoms with E-state index in [1.807, 2.05) is 0 Å². The highest BCUT2D eigenvalue weighted by atomic mass is 16.6. The SMILES string of the molecule is O=C(CCC(=O)OCCOCCOCCOCCO)NCCc1ccc(OC(=O)c2ccccc2)c(OC(=O)c2ccccc2)c1. The molecule has 0 atom stereocenters. The summed E-state index contributed by atoms with van der Waals surface area (Å²) in [5.41, 5.74) is 1.38. The van der Waals surface area contributed by atoms with Crippen LogP contribution in [0.1, 0.15) is 39.1 Å². The molecule has 2 N–H and O–H groups in total. The van der Waals surface area contributed by atoms with Crippen LogP contribution in [-0.4, -0.2) is 88.3 Å². The van der Waals surface area contributed by atoms with Crippen molar-refractivity contribution in [1.82, 2.24) is 5.32 Å². The number of hydrogen-bond acceptors (Lipinski definition) is 11. The fourth-order valence-electron chi connectivity index (χ4n) is 3.88. The molecule has 0 radical (unpaired) electrons. The highest BCUT2D eigenvalue weighted by Gasteiger charge is 2.17. The smallest absolute Gasteiger partial charge is 0.343 e. The summed E-state index contributed by atoms with van der Waals surface area (Å²) in [4.78, 5) is 49.6. The fraction of sp³-hybridized carbons (Fsp3) is 0.353. The quantitative estimate of drug-likeness (QED) is 0.101. The normalized spacial score (nSPS) is 10.6. The van der Waals surface area contributed by atoms with E-state index in [-0.39, 0.29) is 63.2 Å². The van der Waals surface area contributed by atoms with E-state index in [0.717, 1.165) is 5.56 Å². The Balaban J connectivity index is 1.39. The summed E-state index contributed by atoms with van der Waals surface area (Å²) in [7, 11) is 0. The van der Waals surface area contributed by atoms with Crippen molar-refractivity contribution in [3.8, 4) is 11.5 Å².